The molecule has 1 heterocycles. The number of imidazole rings is 1. The highest BCUT2D eigenvalue weighted by molar-refractivity contribution is 5.79. The van der Waals surface area contributed by atoms with Crippen molar-refractivity contribution in [2.24, 2.45) is 0 Å². The Balaban J connectivity index is 2.25. The Kier molecular flexibility index (Phi) is 2.41. The largest absolute Gasteiger partial charge is 0.299 e. The molecule has 2 aromatic carbocycles. The Morgan fingerprint density at radius 1 is 1.17 bits per heavy atom. The van der Waals surface area contributed by atoms with Gasteiger partial charge in [-0.1, -0.05) is 12.1 Å². The number of carbonyl (C=O) groups excluding carboxylic acids is 1. The Labute approximate surface area is 103 Å². The van der Waals surface area contributed by atoms with Gasteiger partial charge in [-0.05, 0) is 30.3 Å². The molecule has 0 aliphatic heterocycles. The first-order chi connectivity index (χ1) is 8.78. The molecule has 88 valence electrons. The van der Waals surface area contributed by atoms with Crippen LogP contribution in [0.4, 0.5) is 4.39 Å². The van der Waals surface area contributed by atoms with Crippen molar-refractivity contribution >= 4 is 17.3 Å². The summed E-state index contributed by atoms with van der Waals surface area (Å²) in [4.78, 5) is 15.0. The molecule has 3 nitrogen and oxygen atoms in total. The molecule has 18 heavy (non-hydrogen) atoms. The third-order valence-electron chi connectivity index (χ3n) is 2.77. The highest BCUT2D eigenvalue weighted by Gasteiger charge is 2.06. The Bertz CT molecular complexity index is 733. The van der Waals surface area contributed by atoms with E-state index in [0.717, 1.165) is 11.0 Å². The lowest BCUT2D eigenvalue weighted by Gasteiger charge is -2.05. The average Bonchev–Trinajstić information content (AvgIpc) is 2.81. The van der Waals surface area contributed by atoms with Gasteiger partial charge in [0.25, 0.3) is 0 Å². The van der Waals surface area contributed by atoms with Crippen molar-refractivity contribution in [2.75, 3.05) is 0 Å². The summed E-state index contributed by atoms with van der Waals surface area (Å²) in [5, 5.41) is 0. The second-order valence-electron chi connectivity index (χ2n) is 3.96. The maximum Gasteiger partial charge on any atom is 0.150 e. The number of para-hydroxylation sites is 2. The van der Waals surface area contributed by atoms with E-state index in [1.807, 2.05) is 24.3 Å². The molecular formula is C14H9FN2O. The summed E-state index contributed by atoms with van der Waals surface area (Å²) in [5.41, 5.74) is 2.60. The molecule has 0 radical (unpaired) electrons. The minimum absolute atomic E-state index is 0.308. The summed E-state index contributed by atoms with van der Waals surface area (Å²) in [5.74, 6) is -0.438. The van der Waals surface area contributed by atoms with E-state index in [9.17, 15) is 9.18 Å². The van der Waals surface area contributed by atoms with E-state index >= 15 is 0 Å². The maximum atomic E-state index is 13.4. The van der Waals surface area contributed by atoms with Crippen LogP contribution in [-0.2, 0) is 0 Å². The lowest BCUT2D eigenvalue weighted by Crippen LogP contribution is -1.95. The highest BCUT2D eigenvalue weighted by atomic mass is 19.1. The Morgan fingerprint density at radius 3 is 2.83 bits per heavy atom. The van der Waals surface area contributed by atoms with Crippen LogP contribution in [-0.4, -0.2) is 15.8 Å². The molecule has 4 heteroatoms. The van der Waals surface area contributed by atoms with Crippen LogP contribution in [0.1, 0.15) is 10.4 Å². The summed E-state index contributed by atoms with van der Waals surface area (Å²) in [6.07, 6.45) is 2.25. The summed E-state index contributed by atoms with van der Waals surface area (Å²) < 4.78 is 15.2. The molecule has 3 aromatic rings. The van der Waals surface area contributed by atoms with E-state index in [4.69, 9.17) is 0 Å². The van der Waals surface area contributed by atoms with Gasteiger partial charge in [0.2, 0.25) is 0 Å². The monoisotopic (exact) mass is 240 g/mol. The minimum Gasteiger partial charge on any atom is -0.299 e. The molecule has 0 fully saturated rings. The van der Waals surface area contributed by atoms with Crippen molar-refractivity contribution < 1.29 is 9.18 Å². The van der Waals surface area contributed by atoms with Crippen molar-refractivity contribution in [3.63, 3.8) is 0 Å². The van der Waals surface area contributed by atoms with Gasteiger partial charge in [0.05, 0.1) is 16.7 Å². The standard InChI is InChI=1S/C14H9FN2O/c15-11-5-10(8-18)6-12(7-11)17-9-16-13-3-1-2-4-14(13)17/h1-9H. The molecule has 0 N–H and O–H groups in total. The van der Waals surface area contributed by atoms with Gasteiger partial charge in [0, 0.05) is 5.56 Å². The van der Waals surface area contributed by atoms with Crippen molar-refractivity contribution in [2.45, 2.75) is 0 Å². The minimum atomic E-state index is -0.438. The number of carbonyl (C=O) groups is 1. The molecule has 3 rings (SSSR count). The highest BCUT2D eigenvalue weighted by Crippen LogP contribution is 2.19. The van der Waals surface area contributed by atoms with Crippen molar-refractivity contribution in [1.82, 2.24) is 9.55 Å². The van der Waals surface area contributed by atoms with Gasteiger partial charge in [0.1, 0.15) is 18.4 Å². The summed E-state index contributed by atoms with van der Waals surface area (Å²) in [7, 11) is 0. The van der Waals surface area contributed by atoms with Crippen molar-refractivity contribution in [1.29, 1.82) is 0 Å². The van der Waals surface area contributed by atoms with Crippen LogP contribution in [0.2, 0.25) is 0 Å². The fraction of sp³-hybridized carbons (Fsp3) is 0. The molecule has 0 spiro atoms. The average molecular weight is 240 g/mol. The van der Waals surface area contributed by atoms with Crippen molar-refractivity contribution in [3.05, 3.63) is 60.2 Å². The van der Waals surface area contributed by atoms with Crippen LogP contribution in [0.5, 0.6) is 0 Å². The third-order valence-corrected chi connectivity index (χ3v) is 2.77. The smallest absolute Gasteiger partial charge is 0.150 e. The SMILES string of the molecule is O=Cc1cc(F)cc(-n2cnc3ccccc32)c1. The lowest BCUT2D eigenvalue weighted by atomic mass is 10.2. The Hall–Kier alpha value is -2.49. The van der Waals surface area contributed by atoms with Crippen LogP contribution in [0.25, 0.3) is 16.7 Å². The predicted molar refractivity (Wildman–Crippen MR) is 66.4 cm³/mol. The lowest BCUT2D eigenvalue weighted by molar-refractivity contribution is 0.112. The molecular weight excluding hydrogens is 231 g/mol. The summed E-state index contributed by atoms with van der Waals surface area (Å²) >= 11 is 0. The number of benzene rings is 2. The third kappa shape index (κ3) is 1.68. The number of nitrogens with zero attached hydrogens (tertiary/aromatic N) is 2. The molecule has 0 unspecified atom stereocenters. The summed E-state index contributed by atoms with van der Waals surface area (Å²) in [6.45, 7) is 0. The van der Waals surface area contributed by atoms with E-state index in [2.05, 4.69) is 4.98 Å². The molecule has 0 aliphatic carbocycles. The van der Waals surface area contributed by atoms with Crippen LogP contribution >= 0.6 is 0 Å². The maximum absolute atomic E-state index is 13.4. The van der Waals surface area contributed by atoms with Gasteiger partial charge in [-0.2, -0.15) is 0 Å². The zero-order chi connectivity index (χ0) is 12.5. The predicted octanol–water partition coefficient (Wildman–Crippen LogP) is 2.98. The molecule has 0 bridgehead atoms. The number of hydrogen-bond donors (Lipinski definition) is 0. The fourth-order valence-corrected chi connectivity index (χ4v) is 1.97. The van der Waals surface area contributed by atoms with E-state index in [0.29, 0.717) is 17.5 Å². The van der Waals surface area contributed by atoms with E-state index < -0.39 is 5.82 Å². The molecule has 0 atom stereocenters. The number of rotatable bonds is 2. The first-order valence-electron chi connectivity index (χ1n) is 5.46. The van der Waals surface area contributed by atoms with E-state index in [-0.39, 0.29) is 0 Å². The van der Waals surface area contributed by atoms with Gasteiger partial charge in [-0.3, -0.25) is 9.36 Å². The van der Waals surface area contributed by atoms with Crippen molar-refractivity contribution in [3.8, 4) is 5.69 Å². The fourth-order valence-electron chi connectivity index (χ4n) is 1.97. The number of hydrogen-bond acceptors (Lipinski definition) is 2. The number of aldehydes is 1. The normalized spacial score (nSPS) is 10.7. The van der Waals surface area contributed by atoms with Crippen LogP contribution in [0.15, 0.2) is 48.8 Å². The Morgan fingerprint density at radius 2 is 2.00 bits per heavy atom. The van der Waals surface area contributed by atoms with Gasteiger partial charge < -0.3 is 0 Å². The number of fused-ring (bicyclic) bond motifs is 1. The topological polar surface area (TPSA) is 34.9 Å². The van der Waals surface area contributed by atoms with Gasteiger partial charge in [-0.25, -0.2) is 9.37 Å². The van der Waals surface area contributed by atoms with Gasteiger partial charge in [0.15, 0.2) is 0 Å². The van der Waals surface area contributed by atoms with E-state index in [1.54, 1.807) is 17.0 Å². The second-order valence-corrected chi connectivity index (χ2v) is 3.96. The van der Waals surface area contributed by atoms with Crippen LogP contribution in [0.3, 0.4) is 0 Å². The first-order valence-corrected chi connectivity index (χ1v) is 5.46. The first kappa shape index (κ1) is 10.7. The van der Waals surface area contributed by atoms with E-state index in [1.165, 1.54) is 12.1 Å². The molecule has 0 amide bonds. The molecule has 0 saturated heterocycles. The van der Waals surface area contributed by atoms with Crippen LogP contribution in [0, 0.1) is 5.82 Å². The van der Waals surface area contributed by atoms with Gasteiger partial charge in [-0.15, -0.1) is 0 Å². The second kappa shape index (κ2) is 4.07. The zero-order valence-electron chi connectivity index (χ0n) is 9.38. The van der Waals surface area contributed by atoms with Gasteiger partial charge >= 0.3 is 0 Å². The number of halogens is 1. The molecule has 0 saturated carbocycles. The number of aromatic nitrogens is 2. The quantitative estimate of drug-likeness (QED) is 0.645. The van der Waals surface area contributed by atoms with Crippen LogP contribution < -0.4 is 0 Å². The molecule has 1 aromatic heterocycles. The molecule has 0 aliphatic rings. The zero-order valence-corrected chi connectivity index (χ0v) is 9.38. The summed E-state index contributed by atoms with van der Waals surface area (Å²) in [6, 6.07) is 11.8.